The van der Waals surface area contributed by atoms with Crippen molar-refractivity contribution in [3.05, 3.63) is 39.3 Å². The maximum absolute atomic E-state index is 13.0. The molecule has 0 unspecified atom stereocenters. The van der Waals surface area contributed by atoms with Crippen LogP contribution in [0.15, 0.2) is 22.7 Å². The summed E-state index contributed by atoms with van der Waals surface area (Å²) < 4.78 is 1.97. The van der Waals surface area contributed by atoms with Crippen LogP contribution in [0.2, 0.25) is 0 Å². The van der Waals surface area contributed by atoms with Gasteiger partial charge in [-0.1, -0.05) is 43.6 Å². The molecule has 0 saturated carbocycles. The van der Waals surface area contributed by atoms with E-state index in [1.165, 1.54) is 0 Å². The highest BCUT2D eigenvalue weighted by Crippen LogP contribution is 2.19. The predicted molar refractivity (Wildman–Crippen MR) is 102 cm³/mol. The van der Waals surface area contributed by atoms with Crippen molar-refractivity contribution in [3.8, 4) is 0 Å². The molecule has 6 heteroatoms. The summed E-state index contributed by atoms with van der Waals surface area (Å²) in [4.78, 5) is 9.37. The number of hydrogen-bond acceptors (Lipinski definition) is 4. The molecular formula is C18H27BrN4O. The van der Waals surface area contributed by atoms with Crippen molar-refractivity contribution in [2.45, 2.75) is 40.8 Å². The number of rotatable bonds is 8. The summed E-state index contributed by atoms with van der Waals surface area (Å²) in [6.45, 7) is 13.6. The Morgan fingerprint density at radius 2 is 1.58 bits per heavy atom. The first-order valence-electron chi connectivity index (χ1n) is 8.69. The van der Waals surface area contributed by atoms with Crippen LogP contribution in [0.25, 0.3) is 11.0 Å². The van der Waals surface area contributed by atoms with Crippen molar-refractivity contribution in [1.82, 2.24) is 14.8 Å². The Balaban J connectivity index is 2.56. The third-order valence-electron chi connectivity index (χ3n) is 4.53. The van der Waals surface area contributed by atoms with Crippen molar-refractivity contribution in [3.63, 3.8) is 0 Å². The average molecular weight is 395 g/mol. The van der Waals surface area contributed by atoms with E-state index in [-0.39, 0.29) is 0 Å². The third kappa shape index (κ3) is 4.23. The summed E-state index contributed by atoms with van der Waals surface area (Å²) in [6, 6.07) is 5.68. The van der Waals surface area contributed by atoms with Gasteiger partial charge in [-0.25, -0.2) is 4.98 Å². The van der Waals surface area contributed by atoms with Gasteiger partial charge in [0.25, 0.3) is 0 Å². The minimum absolute atomic E-state index is 0.620. The molecule has 5 nitrogen and oxygen atoms in total. The molecule has 24 heavy (non-hydrogen) atoms. The van der Waals surface area contributed by atoms with Gasteiger partial charge in [0, 0.05) is 17.1 Å². The molecule has 0 aliphatic heterocycles. The van der Waals surface area contributed by atoms with Crippen molar-refractivity contribution < 1.29 is 4.73 Å². The normalized spacial score (nSPS) is 11.8. The van der Waals surface area contributed by atoms with Crippen LogP contribution >= 0.6 is 15.9 Å². The van der Waals surface area contributed by atoms with Gasteiger partial charge in [0.15, 0.2) is 0 Å². The second-order valence-electron chi connectivity index (χ2n) is 5.86. The van der Waals surface area contributed by atoms with Gasteiger partial charge in [0.1, 0.15) is 11.2 Å². The monoisotopic (exact) mass is 394 g/mol. The SMILES string of the molecule is CCN(CC)Cc1nc2ccc(Br)cc2[n+]([O-])c1CN(CC)CC. The highest BCUT2D eigenvalue weighted by molar-refractivity contribution is 9.10. The van der Waals surface area contributed by atoms with E-state index in [0.29, 0.717) is 18.6 Å². The number of benzene rings is 1. The van der Waals surface area contributed by atoms with E-state index in [1.807, 2.05) is 18.2 Å². The van der Waals surface area contributed by atoms with Gasteiger partial charge in [-0.05, 0) is 38.3 Å². The second kappa shape index (κ2) is 8.74. The molecule has 0 saturated heterocycles. The lowest BCUT2D eigenvalue weighted by Gasteiger charge is -2.22. The first kappa shape index (κ1) is 19.1. The van der Waals surface area contributed by atoms with Gasteiger partial charge in [-0.15, -0.1) is 0 Å². The molecule has 0 spiro atoms. The molecule has 0 N–H and O–H groups in total. The Hall–Kier alpha value is -1.24. The van der Waals surface area contributed by atoms with E-state index >= 15 is 0 Å². The van der Waals surface area contributed by atoms with Crippen LogP contribution in [0.3, 0.4) is 0 Å². The maximum atomic E-state index is 13.0. The fourth-order valence-corrected chi connectivity index (χ4v) is 3.18. The first-order valence-corrected chi connectivity index (χ1v) is 9.48. The van der Waals surface area contributed by atoms with Crippen LogP contribution < -0.4 is 4.73 Å². The van der Waals surface area contributed by atoms with E-state index in [1.54, 1.807) is 0 Å². The molecule has 0 aliphatic rings. The van der Waals surface area contributed by atoms with E-state index in [4.69, 9.17) is 4.98 Å². The summed E-state index contributed by atoms with van der Waals surface area (Å²) in [5.74, 6) is 0. The van der Waals surface area contributed by atoms with E-state index < -0.39 is 0 Å². The van der Waals surface area contributed by atoms with Gasteiger partial charge in [-0.3, -0.25) is 9.80 Å². The smallest absolute Gasteiger partial charge is 0.243 e. The lowest BCUT2D eigenvalue weighted by atomic mass is 10.2. The van der Waals surface area contributed by atoms with Gasteiger partial charge < -0.3 is 5.21 Å². The van der Waals surface area contributed by atoms with E-state index in [2.05, 4.69) is 53.4 Å². The molecule has 1 aromatic heterocycles. The van der Waals surface area contributed by atoms with Gasteiger partial charge in [0.05, 0.1) is 6.54 Å². The molecule has 2 rings (SSSR count). The molecule has 132 valence electrons. The standard InChI is InChI=1S/C18H27BrN4O/c1-5-21(6-2)12-16-18(13-22(7-3)8-4)23(24)17-11-14(19)9-10-15(17)20-16/h9-11H,5-8,12-13H2,1-4H3. The molecule has 1 aromatic carbocycles. The van der Waals surface area contributed by atoms with E-state index in [0.717, 1.165) is 52.3 Å². The highest BCUT2D eigenvalue weighted by atomic mass is 79.9. The Kier molecular flexibility index (Phi) is 6.95. The van der Waals surface area contributed by atoms with Crippen molar-refractivity contribution in [1.29, 1.82) is 0 Å². The fraction of sp³-hybridized carbons (Fsp3) is 0.556. The lowest BCUT2D eigenvalue weighted by Crippen LogP contribution is -2.40. The molecular weight excluding hydrogens is 368 g/mol. The first-order chi connectivity index (χ1) is 11.5. The lowest BCUT2D eigenvalue weighted by molar-refractivity contribution is -0.588. The summed E-state index contributed by atoms with van der Waals surface area (Å²) in [5, 5.41) is 13.0. The molecule has 0 atom stereocenters. The Bertz CT molecular complexity index is 684. The molecule has 2 aromatic rings. The number of nitrogens with zero attached hydrogens (tertiary/aromatic N) is 4. The fourth-order valence-electron chi connectivity index (χ4n) is 2.83. The maximum Gasteiger partial charge on any atom is 0.243 e. The summed E-state index contributed by atoms with van der Waals surface area (Å²) in [7, 11) is 0. The molecule has 0 fully saturated rings. The van der Waals surface area contributed by atoms with Crippen LogP contribution in [-0.4, -0.2) is 41.0 Å². The zero-order chi connectivity index (χ0) is 17.7. The minimum atomic E-state index is 0.620. The number of aromatic nitrogens is 2. The van der Waals surface area contributed by atoms with Crippen LogP contribution in [0, 0.1) is 5.21 Å². The molecule has 0 bridgehead atoms. The Morgan fingerprint density at radius 1 is 1.00 bits per heavy atom. The number of hydrogen-bond donors (Lipinski definition) is 0. The molecule has 0 amide bonds. The summed E-state index contributed by atoms with van der Waals surface area (Å²) in [5.41, 5.74) is 3.01. The largest absolute Gasteiger partial charge is 0.618 e. The highest BCUT2D eigenvalue weighted by Gasteiger charge is 2.22. The van der Waals surface area contributed by atoms with E-state index in [9.17, 15) is 5.21 Å². The van der Waals surface area contributed by atoms with Crippen LogP contribution in [0.1, 0.15) is 39.1 Å². The molecule has 1 heterocycles. The topological polar surface area (TPSA) is 46.3 Å². The summed E-state index contributed by atoms with van der Waals surface area (Å²) in [6.07, 6.45) is 0. The van der Waals surface area contributed by atoms with Crippen LogP contribution in [0.5, 0.6) is 0 Å². The molecule has 0 radical (unpaired) electrons. The number of halogens is 1. The predicted octanol–water partition coefficient (Wildman–Crippen LogP) is 3.31. The number of fused-ring (bicyclic) bond motifs is 1. The van der Waals surface area contributed by atoms with Crippen molar-refractivity contribution in [2.75, 3.05) is 26.2 Å². The van der Waals surface area contributed by atoms with Crippen LogP contribution in [-0.2, 0) is 13.1 Å². The quantitative estimate of drug-likeness (QED) is 0.508. The third-order valence-corrected chi connectivity index (χ3v) is 5.02. The van der Waals surface area contributed by atoms with Crippen molar-refractivity contribution in [2.24, 2.45) is 0 Å². The van der Waals surface area contributed by atoms with Crippen molar-refractivity contribution >= 4 is 27.0 Å². The van der Waals surface area contributed by atoms with Gasteiger partial charge >= 0.3 is 0 Å². The van der Waals surface area contributed by atoms with Crippen LogP contribution in [0.4, 0.5) is 0 Å². The zero-order valence-electron chi connectivity index (χ0n) is 15.0. The van der Waals surface area contributed by atoms with Gasteiger partial charge in [0.2, 0.25) is 11.2 Å². The minimum Gasteiger partial charge on any atom is -0.618 e. The molecule has 0 aliphatic carbocycles. The Labute approximate surface area is 153 Å². The average Bonchev–Trinajstić information content (AvgIpc) is 2.60. The Morgan fingerprint density at radius 3 is 2.17 bits per heavy atom. The van der Waals surface area contributed by atoms with Gasteiger partial charge in [-0.2, -0.15) is 4.73 Å². The zero-order valence-corrected chi connectivity index (χ0v) is 16.6. The summed E-state index contributed by atoms with van der Waals surface area (Å²) >= 11 is 3.45. The second-order valence-corrected chi connectivity index (χ2v) is 6.77.